The molecule has 0 fully saturated rings. The van der Waals surface area contributed by atoms with E-state index in [1.807, 2.05) is 48.3 Å². The molecule has 0 aliphatic carbocycles. The minimum absolute atomic E-state index is 0.00284. The van der Waals surface area contributed by atoms with Gasteiger partial charge < -0.3 is 9.80 Å². The molecule has 6 heteroatoms. The molecule has 0 radical (unpaired) electrons. The van der Waals surface area contributed by atoms with Crippen molar-refractivity contribution >= 4 is 11.6 Å². The Hall–Kier alpha value is -3.15. The maximum atomic E-state index is 12.7. The first-order valence-corrected chi connectivity index (χ1v) is 8.59. The van der Waals surface area contributed by atoms with E-state index in [4.69, 9.17) is 0 Å². The zero-order valence-corrected chi connectivity index (χ0v) is 15.1. The highest BCUT2D eigenvalue weighted by Crippen LogP contribution is 2.35. The lowest BCUT2D eigenvalue weighted by atomic mass is 10.1. The van der Waals surface area contributed by atoms with Gasteiger partial charge in [0, 0.05) is 14.1 Å². The second-order valence-corrected chi connectivity index (χ2v) is 6.75. The molecule has 1 atom stereocenters. The van der Waals surface area contributed by atoms with Gasteiger partial charge in [0.25, 0.3) is 5.91 Å². The topological polar surface area (TPSA) is 54.3 Å². The van der Waals surface area contributed by atoms with Crippen LogP contribution in [0.15, 0.2) is 54.7 Å². The highest BCUT2D eigenvalue weighted by molar-refractivity contribution is 6.01. The summed E-state index contributed by atoms with van der Waals surface area (Å²) in [6.07, 6.45) is 1.64. The fourth-order valence-corrected chi connectivity index (χ4v) is 3.56. The fraction of sp³-hybridized carbons (Fsp3) is 0.250. The van der Waals surface area contributed by atoms with E-state index >= 15 is 0 Å². The van der Waals surface area contributed by atoms with E-state index in [2.05, 4.69) is 40.3 Å². The second kappa shape index (κ2) is 6.29. The van der Waals surface area contributed by atoms with E-state index in [0.717, 1.165) is 11.4 Å². The molecule has 1 aromatic heterocycles. The van der Waals surface area contributed by atoms with Crippen LogP contribution in [0.4, 0.5) is 5.69 Å². The number of nitrogens with zero attached hydrogens (tertiary/aromatic N) is 5. The van der Waals surface area contributed by atoms with Crippen molar-refractivity contribution in [3.63, 3.8) is 0 Å². The zero-order valence-electron chi connectivity index (χ0n) is 15.1. The summed E-state index contributed by atoms with van der Waals surface area (Å²) in [7, 11) is 3.78. The fourth-order valence-electron chi connectivity index (χ4n) is 3.56. The van der Waals surface area contributed by atoms with E-state index in [1.165, 1.54) is 11.1 Å². The Morgan fingerprint density at radius 3 is 2.65 bits per heavy atom. The van der Waals surface area contributed by atoms with Crippen LogP contribution in [0.5, 0.6) is 0 Å². The van der Waals surface area contributed by atoms with Gasteiger partial charge in [-0.15, -0.1) is 5.10 Å². The minimum atomic E-state index is -0.274. The number of aryl methyl sites for hydroxylation is 1. The number of aromatic nitrogens is 3. The van der Waals surface area contributed by atoms with Crippen molar-refractivity contribution in [3.8, 4) is 0 Å². The molecular formula is C20H21N5O. The van der Waals surface area contributed by atoms with E-state index in [-0.39, 0.29) is 12.1 Å². The summed E-state index contributed by atoms with van der Waals surface area (Å²) in [5.74, 6) is -0.00284. The lowest BCUT2D eigenvalue weighted by Crippen LogP contribution is -2.45. The number of para-hydroxylation sites is 1. The Labute approximate surface area is 152 Å². The highest BCUT2D eigenvalue weighted by atomic mass is 16.2. The number of anilines is 1. The SMILES string of the molecule is Cc1cccc(Cn2cc([C@H]3N(C)C(=O)c4ccccc4N3C)nn2)c1. The van der Waals surface area contributed by atoms with Crippen molar-refractivity contribution in [3.05, 3.63) is 77.1 Å². The predicted octanol–water partition coefficient (Wildman–Crippen LogP) is 2.86. The minimum Gasteiger partial charge on any atom is -0.348 e. The van der Waals surface area contributed by atoms with Gasteiger partial charge in [-0.3, -0.25) is 4.79 Å². The van der Waals surface area contributed by atoms with Crippen LogP contribution in [-0.2, 0) is 6.54 Å². The molecule has 1 amide bonds. The summed E-state index contributed by atoms with van der Waals surface area (Å²) in [6.45, 7) is 2.73. The third-order valence-corrected chi connectivity index (χ3v) is 4.82. The van der Waals surface area contributed by atoms with Gasteiger partial charge in [0.15, 0.2) is 6.17 Å². The van der Waals surface area contributed by atoms with Crippen LogP contribution in [0.3, 0.4) is 0 Å². The molecule has 0 saturated heterocycles. The number of hydrogen-bond acceptors (Lipinski definition) is 4. The molecular weight excluding hydrogens is 326 g/mol. The van der Waals surface area contributed by atoms with Crippen LogP contribution in [-0.4, -0.2) is 39.9 Å². The molecule has 1 aliphatic rings. The third-order valence-electron chi connectivity index (χ3n) is 4.82. The van der Waals surface area contributed by atoms with E-state index in [1.54, 1.807) is 11.9 Å². The van der Waals surface area contributed by atoms with Gasteiger partial charge in [0.05, 0.1) is 24.0 Å². The van der Waals surface area contributed by atoms with Gasteiger partial charge >= 0.3 is 0 Å². The number of hydrogen-bond donors (Lipinski definition) is 0. The van der Waals surface area contributed by atoms with E-state index in [9.17, 15) is 4.79 Å². The Morgan fingerprint density at radius 2 is 1.85 bits per heavy atom. The van der Waals surface area contributed by atoms with Crippen molar-refractivity contribution in [2.75, 3.05) is 19.0 Å². The number of fused-ring (bicyclic) bond motifs is 1. The first-order valence-electron chi connectivity index (χ1n) is 8.59. The number of rotatable bonds is 3. The van der Waals surface area contributed by atoms with Crippen molar-refractivity contribution in [2.45, 2.75) is 19.6 Å². The molecule has 0 spiro atoms. The van der Waals surface area contributed by atoms with Gasteiger partial charge in [-0.05, 0) is 24.6 Å². The molecule has 0 unspecified atom stereocenters. The first-order chi connectivity index (χ1) is 12.5. The van der Waals surface area contributed by atoms with Crippen molar-refractivity contribution < 1.29 is 4.79 Å². The van der Waals surface area contributed by atoms with Crippen molar-refractivity contribution in [2.24, 2.45) is 0 Å². The molecule has 0 N–H and O–H groups in total. The molecule has 132 valence electrons. The summed E-state index contributed by atoms with van der Waals surface area (Å²) < 4.78 is 1.82. The number of carbonyl (C=O) groups excluding carboxylic acids is 1. The summed E-state index contributed by atoms with van der Waals surface area (Å²) in [4.78, 5) is 16.5. The van der Waals surface area contributed by atoms with Crippen molar-refractivity contribution in [1.82, 2.24) is 19.9 Å². The van der Waals surface area contributed by atoms with Crippen LogP contribution >= 0.6 is 0 Å². The molecule has 0 saturated carbocycles. The van der Waals surface area contributed by atoms with Crippen molar-refractivity contribution in [1.29, 1.82) is 0 Å². The summed E-state index contributed by atoms with van der Waals surface area (Å²) in [5, 5.41) is 8.61. The average molecular weight is 347 g/mol. The first kappa shape index (κ1) is 16.3. The zero-order chi connectivity index (χ0) is 18.3. The predicted molar refractivity (Wildman–Crippen MR) is 100.0 cm³/mol. The molecule has 0 bridgehead atoms. The Kier molecular flexibility index (Phi) is 3.95. The normalized spacial score (nSPS) is 16.7. The molecule has 6 nitrogen and oxygen atoms in total. The second-order valence-electron chi connectivity index (χ2n) is 6.75. The molecule has 4 rings (SSSR count). The largest absolute Gasteiger partial charge is 0.348 e. The van der Waals surface area contributed by atoms with E-state index < -0.39 is 0 Å². The van der Waals surface area contributed by atoms with Gasteiger partial charge in [-0.1, -0.05) is 47.2 Å². The van der Waals surface area contributed by atoms with Crippen LogP contribution in [0.1, 0.15) is 33.3 Å². The number of carbonyl (C=O) groups is 1. The van der Waals surface area contributed by atoms with Crippen LogP contribution < -0.4 is 4.90 Å². The maximum Gasteiger partial charge on any atom is 0.257 e. The Balaban J connectivity index is 1.64. The lowest BCUT2D eigenvalue weighted by Gasteiger charge is -2.40. The molecule has 3 aromatic rings. The highest BCUT2D eigenvalue weighted by Gasteiger charge is 2.35. The van der Waals surface area contributed by atoms with Gasteiger partial charge in [-0.2, -0.15) is 0 Å². The standard InChI is InChI=1S/C20H21N5O/c1-14-7-6-8-15(11-14)12-25-13-17(21-22-25)19-23(2)18-10-5-4-9-16(18)20(26)24(19)3/h4-11,13,19H,12H2,1-3H3/t19-/m1/s1. The van der Waals surface area contributed by atoms with Crippen LogP contribution in [0, 0.1) is 6.92 Å². The van der Waals surface area contributed by atoms with E-state index in [0.29, 0.717) is 12.1 Å². The summed E-state index contributed by atoms with van der Waals surface area (Å²) in [6, 6.07) is 16.0. The summed E-state index contributed by atoms with van der Waals surface area (Å²) >= 11 is 0. The van der Waals surface area contributed by atoms with Crippen LogP contribution in [0.2, 0.25) is 0 Å². The Bertz CT molecular complexity index is 964. The third kappa shape index (κ3) is 2.73. The number of amides is 1. The number of benzene rings is 2. The smallest absolute Gasteiger partial charge is 0.257 e. The lowest BCUT2D eigenvalue weighted by molar-refractivity contribution is 0.0707. The molecule has 26 heavy (non-hydrogen) atoms. The summed E-state index contributed by atoms with van der Waals surface area (Å²) in [5.41, 5.74) is 4.77. The maximum absolute atomic E-state index is 12.7. The quantitative estimate of drug-likeness (QED) is 0.731. The average Bonchev–Trinajstić information content (AvgIpc) is 3.08. The molecule has 1 aliphatic heterocycles. The monoisotopic (exact) mass is 347 g/mol. The van der Waals surface area contributed by atoms with Gasteiger partial charge in [0.1, 0.15) is 5.69 Å². The van der Waals surface area contributed by atoms with Crippen LogP contribution in [0.25, 0.3) is 0 Å². The van der Waals surface area contributed by atoms with Gasteiger partial charge in [-0.25, -0.2) is 4.68 Å². The Morgan fingerprint density at radius 1 is 1.04 bits per heavy atom. The molecule has 2 aromatic carbocycles. The van der Waals surface area contributed by atoms with Gasteiger partial charge in [0.2, 0.25) is 0 Å². The molecule has 2 heterocycles.